The van der Waals surface area contributed by atoms with Gasteiger partial charge in [0, 0.05) is 18.8 Å². The van der Waals surface area contributed by atoms with E-state index in [2.05, 4.69) is 0 Å². The van der Waals surface area contributed by atoms with Crippen LogP contribution in [0.15, 0.2) is 24.3 Å². The second-order valence-corrected chi connectivity index (χ2v) is 4.60. The highest BCUT2D eigenvalue weighted by atomic mass is 16.5. The molecule has 0 unspecified atom stereocenters. The number of benzene rings is 1. The fraction of sp³-hybridized carbons (Fsp3) is 0.429. The molecule has 0 saturated carbocycles. The fourth-order valence-corrected chi connectivity index (χ4v) is 2.12. The first-order chi connectivity index (χ1) is 9.18. The Morgan fingerprint density at radius 1 is 1.16 bits per heavy atom. The number of nitrogens with two attached hydrogens (primary N) is 1. The molecule has 2 N–H and O–H groups in total. The van der Waals surface area contributed by atoms with Crippen LogP contribution in [0.5, 0.6) is 0 Å². The first-order valence-electron chi connectivity index (χ1n) is 6.48. The molecular weight excluding hydrogens is 244 g/mol. The number of esters is 1. The molecule has 5 heteroatoms. The molecule has 1 heterocycles. The molecule has 0 atom stereocenters. The quantitative estimate of drug-likeness (QED) is 0.661. The van der Waals surface area contributed by atoms with Crippen LogP contribution in [-0.4, -0.2) is 36.5 Å². The molecule has 102 valence electrons. The molecule has 1 saturated heterocycles. The summed E-state index contributed by atoms with van der Waals surface area (Å²) in [6, 6.07) is 6.66. The van der Waals surface area contributed by atoms with Gasteiger partial charge >= 0.3 is 5.97 Å². The smallest absolute Gasteiger partial charge is 0.340 e. The van der Waals surface area contributed by atoms with Gasteiger partial charge < -0.3 is 15.4 Å². The highest BCUT2D eigenvalue weighted by molar-refractivity contribution is 5.96. The average Bonchev–Trinajstić information content (AvgIpc) is 2.46. The number of piperidine rings is 1. The number of hydrogen-bond donors (Lipinski definition) is 1. The van der Waals surface area contributed by atoms with E-state index in [4.69, 9.17) is 10.5 Å². The van der Waals surface area contributed by atoms with Gasteiger partial charge in [0.25, 0.3) is 5.91 Å². The maximum absolute atomic E-state index is 11.8. The highest BCUT2D eigenvalue weighted by Gasteiger charge is 2.19. The number of anilines is 1. The number of rotatable bonds is 3. The van der Waals surface area contributed by atoms with Crippen LogP contribution >= 0.6 is 0 Å². The summed E-state index contributed by atoms with van der Waals surface area (Å²) < 4.78 is 5.01. The van der Waals surface area contributed by atoms with Crippen LogP contribution in [0.2, 0.25) is 0 Å². The van der Waals surface area contributed by atoms with Crippen LogP contribution in [-0.2, 0) is 9.53 Å². The van der Waals surface area contributed by atoms with E-state index in [-0.39, 0.29) is 12.5 Å². The van der Waals surface area contributed by atoms with Crippen LogP contribution in [0.3, 0.4) is 0 Å². The van der Waals surface area contributed by atoms with Gasteiger partial charge in [0.15, 0.2) is 6.61 Å². The van der Waals surface area contributed by atoms with Crippen molar-refractivity contribution in [3.8, 4) is 0 Å². The number of carbonyl (C=O) groups excluding carboxylic acids is 2. The Bertz CT molecular complexity index is 468. The summed E-state index contributed by atoms with van der Waals surface area (Å²) in [6.07, 6.45) is 3.20. The minimum absolute atomic E-state index is 0.137. The van der Waals surface area contributed by atoms with Gasteiger partial charge in [-0.2, -0.15) is 0 Å². The van der Waals surface area contributed by atoms with E-state index in [1.54, 1.807) is 29.2 Å². The maximum Gasteiger partial charge on any atom is 0.340 e. The van der Waals surface area contributed by atoms with Crippen LogP contribution in [0.1, 0.15) is 29.6 Å². The van der Waals surface area contributed by atoms with E-state index in [9.17, 15) is 9.59 Å². The maximum atomic E-state index is 11.8. The third-order valence-corrected chi connectivity index (χ3v) is 3.22. The van der Waals surface area contributed by atoms with Crippen LogP contribution < -0.4 is 5.73 Å². The summed E-state index contributed by atoms with van der Waals surface area (Å²) >= 11 is 0. The van der Waals surface area contributed by atoms with E-state index < -0.39 is 5.97 Å². The Balaban J connectivity index is 1.86. The number of nitrogen functional groups attached to an aromatic ring is 1. The first-order valence-corrected chi connectivity index (χ1v) is 6.48. The van der Waals surface area contributed by atoms with Gasteiger partial charge in [0.05, 0.1) is 5.56 Å². The molecule has 1 aliphatic heterocycles. The molecule has 0 spiro atoms. The van der Waals surface area contributed by atoms with Crippen molar-refractivity contribution in [1.29, 1.82) is 0 Å². The Morgan fingerprint density at radius 3 is 2.53 bits per heavy atom. The largest absolute Gasteiger partial charge is 0.452 e. The van der Waals surface area contributed by atoms with E-state index in [0.717, 1.165) is 32.4 Å². The molecule has 0 aromatic heterocycles. The summed E-state index contributed by atoms with van der Waals surface area (Å²) in [4.78, 5) is 25.4. The monoisotopic (exact) mass is 262 g/mol. The first kappa shape index (κ1) is 13.4. The molecule has 0 bridgehead atoms. The summed E-state index contributed by atoms with van der Waals surface area (Å²) in [6.45, 7) is 1.29. The lowest BCUT2D eigenvalue weighted by molar-refractivity contribution is -0.135. The second kappa shape index (κ2) is 6.22. The third kappa shape index (κ3) is 3.47. The van der Waals surface area contributed by atoms with Crippen molar-refractivity contribution in [2.75, 3.05) is 25.4 Å². The molecular formula is C14H18N2O3. The van der Waals surface area contributed by atoms with Gasteiger partial charge in [-0.15, -0.1) is 0 Å². The Kier molecular flexibility index (Phi) is 4.39. The third-order valence-electron chi connectivity index (χ3n) is 3.22. The lowest BCUT2D eigenvalue weighted by Gasteiger charge is -2.26. The molecule has 1 fully saturated rings. The van der Waals surface area contributed by atoms with E-state index in [1.165, 1.54) is 0 Å². The molecule has 1 aromatic rings. The van der Waals surface area contributed by atoms with Crippen molar-refractivity contribution in [3.63, 3.8) is 0 Å². The standard InChI is InChI=1S/C14H18N2O3/c15-12-7-3-2-6-11(12)14(18)19-10-13(17)16-8-4-1-5-9-16/h2-3,6-7H,1,4-5,8-10,15H2. The average molecular weight is 262 g/mol. The Morgan fingerprint density at radius 2 is 1.84 bits per heavy atom. The summed E-state index contributed by atoms with van der Waals surface area (Å²) in [5.41, 5.74) is 6.33. The Labute approximate surface area is 112 Å². The Hall–Kier alpha value is -2.04. The molecule has 1 amide bonds. The summed E-state index contributed by atoms with van der Waals surface area (Å²) in [5, 5.41) is 0. The molecule has 1 aromatic carbocycles. The topological polar surface area (TPSA) is 72.6 Å². The van der Waals surface area contributed by atoms with Crippen LogP contribution in [0.25, 0.3) is 0 Å². The number of likely N-dealkylation sites (tertiary alicyclic amines) is 1. The molecule has 2 rings (SSSR count). The van der Waals surface area contributed by atoms with Crippen molar-refractivity contribution in [2.45, 2.75) is 19.3 Å². The van der Waals surface area contributed by atoms with Crippen molar-refractivity contribution >= 4 is 17.6 Å². The van der Waals surface area contributed by atoms with Crippen LogP contribution in [0, 0.1) is 0 Å². The molecule has 19 heavy (non-hydrogen) atoms. The lowest BCUT2D eigenvalue weighted by atomic mass is 10.1. The molecule has 5 nitrogen and oxygen atoms in total. The van der Waals surface area contributed by atoms with E-state index in [1.807, 2.05) is 0 Å². The highest BCUT2D eigenvalue weighted by Crippen LogP contribution is 2.12. The number of ether oxygens (including phenoxy) is 1. The zero-order valence-electron chi connectivity index (χ0n) is 10.8. The number of hydrogen-bond acceptors (Lipinski definition) is 4. The van der Waals surface area contributed by atoms with Crippen molar-refractivity contribution in [2.24, 2.45) is 0 Å². The number of para-hydroxylation sites is 1. The number of carbonyl (C=O) groups is 2. The normalized spacial score (nSPS) is 15.1. The SMILES string of the molecule is Nc1ccccc1C(=O)OCC(=O)N1CCCCC1. The molecule has 1 aliphatic rings. The van der Waals surface area contributed by atoms with E-state index in [0.29, 0.717) is 11.3 Å². The summed E-state index contributed by atoms with van der Waals surface area (Å²) in [7, 11) is 0. The van der Waals surface area contributed by atoms with Gasteiger partial charge in [0.2, 0.25) is 0 Å². The van der Waals surface area contributed by atoms with Crippen molar-refractivity contribution in [1.82, 2.24) is 4.90 Å². The fourth-order valence-electron chi connectivity index (χ4n) is 2.12. The second-order valence-electron chi connectivity index (χ2n) is 4.60. The molecule has 0 radical (unpaired) electrons. The van der Waals surface area contributed by atoms with E-state index >= 15 is 0 Å². The number of amides is 1. The van der Waals surface area contributed by atoms with Crippen LogP contribution in [0.4, 0.5) is 5.69 Å². The van der Waals surface area contributed by atoms with Gasteiger partial charge in [0.1, 0.15) is 0 Å². The zero-order valence-corrected chi connectivity index (χ0v) is 10.8. The summed E-state index contributed by atoms with van der Waals surface area (Å²) in [5.74, 6) is -0.689. The zero-order chi connectivity index (χ0) is 13.7. The molecule has 0 aliphatic carbocycles. The van der Waals surface area contributed by atoms with Crippen molar-refractivity contribution in [3.05, 3.63) is 29.8 Å². The number of nitrogens with zero attached hydrogens (tertiary/aromatic N) is 1. The van der Waals surface area contributed by atoms with Gasteiger partial charge in [-0.25, -0.2) is 4.79 Å². The van der Waals surface area contributed by atoms with Gasteiger partial charge in [-0.1, -0.05) is 12.1 Å². The van der Waals surface area contributed by atoms with Gasteiger partial charge in [-0.3, -0.25) is 4.79 Å². The minimum atomic E-state index is -0.552. The van der Waals surface area contributed by atoms with Crippen molar-refractivity contribution < 1.29 is 14.3 Å². The predicted molar refractivity (Wildman–Crippen MR) is 71.6 cm³/mol. The van der Waals surface area contributed by atoms with Gasteiger partial charge in [-0.05, 0) is 31.4 Å². The predicted octanol–water partition coefficient (Wildman–Crippen LogP) is 1.44. The lowest BCUT2D eigenvalue weighted by Crippen LogP contribution is -2.38. The minimum Gasteiger partial charge on any atom is -0.452 e.